The zero-order valence-electron chi connectivity index (χ0n) is 17.4. The van der Waals surface area contributed by atoms with Crippen molar-refractivity contribution in [2.24, 2.45) is 7.05 Å². The van der Waals surface area contributed by atoms with Crippen LogP contribution in [0.4, 0.5) is 0 Å². The van der Waals surface area contributed by atoms with E-state index in [-0.39, 0.29) is 11.8 Å². The third-order valence-electron chi connectivity index (χ3n) is 6.01. The topological polar surface area (TPSA) is 77.1 Å². The van der Waals surface area contributed by atoms with Crippen LogP contribution >= 0.6 is 11.6 Å². The van der Waals surface area contributed by atoms with Crippen molar-refractivity contribution in [2.45, 2.75) is 25.7 Å². The molecule has 7 nitrogen and oxygen atoms in total. The minimum Gasteiger partial charge on any atom is -0.419 e. The Balaban J connectivity index is 1.29. The molecule has 5 rings (SSSR count). The van der Waals surface area contributed by atoms with Crippen molar-refractivity contribution in [3.8, 4) is 11.6 Å². The predicted octanol–water partition coefficient (Wildman–Crippen LogP) is 4.60. The number of carbonyl (C=O) groups excluding carboxylic acids is 1. The number of amides is 1. The normalized spacial score (nSPS) is 15.0. The number of rotatable bonds is 3. The number of carbonyl (C=O) groups is 1. The van der Waals surface area contributed by atoms with Crippen molar-refractivity contribution in [1.29, 1.82) is 0 Å². The highest BCUT2D eigenvalue weighted by molar-refractivity contribution is 6.31. The van der Waals surface area contributed by atoms with Gasteiger partial charge in [-0.3, -0.25) is 9.78 Å². The molecule has 0 unspecified atom stereocenters. The highest BCUT2D eigenvalue weighted by Crippen LogP contribution is 2.31. The molecule has 1 aromatic carbocycles. The monoisotopic (exact) mass is 435 g/mol. The number of aromatic nitrogens is 4. The highest BCUT2D eigenvalue weighted by Gasteiger charge is 2.29. The first kappa shape index (κ1) is 19.8. The number of hydrogen-bond donors (Lipinski definition) is 0. The summed E-state index contributed by atoms with van der Waals surface area (Å²) in [4.78, 5) is 19.4. The molecule has 0 bridgehead atoms. The van der Waals surface area contributed by atoms with Gasteiger partial charge in [-0.25, -0.2) is 0 Å². The number of aryl methyl sites for hydroxylation is 2. The fraction of sp³-hybridized carbons (Fsp3) is 0.304. The molecule has 1 aliphatic rings. The molecule has 0 aliphatic carbocycles. The van der Waals surface area contributed by atoms with Gasteiger partial charge in [0.1, 0.15) is 11.4 Å². The maximum Gasteiger partial charge on any atom is 0.270 e. The Morgan fingerprint density at radius 3 is 2.74 bits per heavy atom. The first-order chi connectivity index (χ1) is 15.0. The summed E-state index contributed by atoms with van der Waals surface area (Å²) in [5, 5.41) is 10.1. The van der Waals surface area contributed by atoms with E-state index in [1.807, 2.05) is 59.8 Å². The van der Waals surface area contributed by atoms with Gasteiger partial charge in [0.05, 0.1) is 0 Å². The highest BCUT2D eigenvalue weighted by atomic mass is 35.5. The third-order valence-corrected chi connectivity index (χ3v) is 6.24. The number of hydrogen-bond acceptors (Lipinski definition) is 5. The van der Waals surface area contributed by atoms with Crippen LogP contribution in [0.5, 0.6) is 0 Å². The van der Waals surface area contributed by atoms with E-state index in [0.29, 0.717) is 41.3 Å². The quantitative estimate of drug-likeness (QED) is 0.469. The van der Waals surface area contributed by atoms with E-state index in [0.717, 1.165) is 29.3 Å². The largest absolute Gasteiger partial charge is 0.419 e. The lowest BCUT2D eigenvalue weighted by Crippen LogP contribution is -2.38. The minimum absolute atomic E-state index is 0.0311. The average Bonchev–Trinajstić information content (AvgIpc) is 3.39. The Kier molecular flexibility index (Phi) is 4.98. The molecule has 158 valence electrons. The number of benzene rings is 1. The van der Waals surface area contributed by atoms with Gasteiger partial charge in [-0.05, 0) is 55.7 Å². The Bertz CT molecular complexity index is 1270. The molecule has 0 atom stereocenters. The van der Waals surface area contributed by atoms with Gasteiger partial charge < -0.3 is 13.9 Å². The molecule has 1 amide bonds. The Morgan fingerprint density at radius 1 is 1.16 bits per heavy atom. The average molecular weight is 436 g/mol. The van der Waals surface area contributed by atoms with Crippen LogP contribution < -0.4 is 0 Å². The molecule has 1 fully saturated rings. The zero-order valence-corrected chi connectivity index (χ0v) is 18.1. The summed E-state index contributed by atoms with van der Waals surface area (Å²) in [7, 11) is 1.91. The molecule has 8 heteroatoms. The Hall–Kier alpha value is -3.19. The van der Waals surface area contributed by atoms with Crippen LogP contribution in [0.15, 0.2) is 47.0 Å². The number of fused-ring (bicyclic) bond motifs is 1. The van der Waals surface area contributed by atoms with Gasteiger partial charge in [-0.15, -0.1) is 10.2 Å². The molecule has 4 aromatic rings. The van der Waals surface area contributed by atoms with Gasteiger partial charge in [-0.2, -0.15) is 0 Å². The van der Waals surface area contributed by atoms with E-state index >= 15 is 0 Å². The van der Waals surface area contributed by atoms with Crippen molar-refractivity contribution in [3.05, 3.63) is 64.8 Å². The van der Waals surface area contributed by atoms with E-state index in [1.54, 1.807) is 6.20 Å². The standard InChI is InChI=1S/C23H22ClN5O2/c1-14-4-3-9-25-20(14)22-27-26-21(31-22)15-7-10-29(11-8-15)23(30)19-13-16-12-17(24)5-6-18(16)28(19)2/h3-6,9,12-13,15H,7-8,10-11H2,1-2H3. The number of piperidine rings is 1. The van der Waals surface area contributed by atoms with Gasteiger partial charge >= 0.3 is 0 Å². The summed E-state index contributed by atoms with van der Waals surface area (Å²) in [5.41, 5.74) is 3.37. The summed E-state index contributed by atoms with van der Waals surface area (Å²) >= 11 is 6.10. The number of nitrogens with zero attached hydrogens (tertiary/aromatic N) is 5. The summed E-state index contributed by atoms with van der Waals surface area (Å²) in [6.45, 7) is 3.26. The minimum atomic E-state index is 0.0311. The van der Waals surface area contributed by atoms with Crippen molar-refractivity contribution in [1.82, 2.24) is 24.6 Å². The first-order valence-electron chi connectivity index (χ1n) is 10.3. The summed E-state index contributed by atoms with van der Waals surface area (Å²) < 4.78 is 7.87. The van der Waals surface area contributed by atoms with Gasteiger partial charge in [-0.1, -0.05) is 17.7 Å². The lowest BCUT2D eigenvalue weighted by Gasteiger charge is -2.30. The fourth-order valence-corrected chi connectivity index (χ4v) is 4.40. The van der Waals surface area contributed by atoms with E-state index in [4.69, 9.17) is 16.0 Å². The van der Waals surface area contributed by atoms with Gasteiger partial charge in [0, 0.05) is 48.2 Å². The summed E-state index contributed by atoms with van der Waals surface area (Å²) in [6.07, 6.45) is 3.28. The molecular formula is C23H22ClN5O2. The van der Waals surface area contributed by atoms with Crippen LogP contribution in [0.3, 0.4) is 0 Å². The second kappa shape index (κ2) is 7.81. The maximum atomic E-state index is 13.2. The van der Waals surface area contributed by atoms with Crippen LogP contribution in [0, 0.1) is 6.92 Å². The zero-order chi connectivity index (χ0) is 21.5. The van der Waals surface area contributed by atoms with Crippen LogP contribution in [-0.4, -0.2) is 43.6 Å². The summed E-state index contributed by atoms with van der Waals surface area (Å²) in [5.74, 6) is 1.23. The van der Waals surface area contributed by atoms with Gasteiger partial charge in [0.25, 0.3) is 11.8 Å². The van der Waals surface area contributed by atoms with Crippen LogP contribution in [-0.2, 0) is 7.05 Å². The smallest absolute Gasteiger partial charge is 0.270 e. The maximum absolute atomic E-state index is 13.2. The second-order valence-electron chi connectivity index (χ2n) is 7.97. The van der Waals surface area contributed by atoms with Crippen molar-refractivity contribution < 1.29 is 9.21 Å². The fourth-order valence-electron chi connectivity index (χ4n) is 4.22. The molecule has 4 heterocycles. The lowest BCUT2D eigenvalue weighted by atomic mass is 9.96. The van der Waals surface area contributed by atoms with E-state index in [1.165, 1.54) is 0 Å². The first-order valence-corrected chi connectivity index (χ1v) is 10.7. The molecule has 3 aromatic heterocycles. The van der Waals surface area contributed by atoms with Gasteiger partial charge in [0.2, 0.25) is 5.89 Å². The molecule has 1 aliphatic heterocycles. The van der Waals surface area contributed by atoms with Gasteiger partial charge in [0.15, 0.2) is 0 Å². The SMILES string of the molecule is Cc1cccnc1-c1nnc(C2CCN(C(=O)c3cc4cc(Cl)ccc4n3C)CC2)o1. The molecule has 0 radical (unpaired) electrons. The van der Waals surface area contributed by atoms with E-state index in [2.05, 4.69) is 15.2 Å². The van der Waals surface area contributed by atoms with Crippen molar-refractivity contribution in [3.63, 3.8) is 0 Å². The lowest BCUT2D eigenvalue weighted by molar-refractivity contribution is 0.0697. The molecule has 0 spiro atoms. The van der Waals surface area contributed by atoms with E-state index in [9.17, 15) is 4.79 Å². The summed E-state index contributed by atoms with van der Waals surface area (Å²) in [6, 6.07) is 11.4. The number of pyridine rings is 1. The molecule has 1 saturated heterocycles. The third kappa shape index (κ3) is 3.59. The second-order valence-corrected chi connectivity index (χ2v) is 8.41. The van der Waals surface area contributed by atoms with Crippen molar-refractivity contribution >= 4 is 28.4 Å². The number of halogens is 1. The Labute approximate surface area is 184 Å². The predicted molar refractivity (Wildman–Crippen MR) is 118 cm³/mol. The number of likely N-dealkylation sites (tertiary alicyclic amines) is 1. The van der Waals surface area contributed by atoms with E-state index < -0.39 is 0 Å². The van der Waals surface area contributed by atoms with Crippen LogP contribution in [0.2, 0.25) is 5.02 Å². The van der Waals surface area contributed by atoms with Crippen LogP contribution in [0.1, 0.15) is 40.7 Å². The molecule has 31 heavy (non-hydrogen) atoms. The van der Waals surface area contributed by atoms with Crippen molar-refractivity contribution in [2.75, 3.05) is 13.1 Å². The van der Waals surface area contributed by atoms with Crippen LogP contribution in [0.25, 0.3) is 22.5 Å². The Morgan fingerprint density at radius 2 is 1.97 bits per heavy atom. The molecule has 0 N–H and O–H groups in total. The molecule has 0 saturated carbocycles. The molecular weight excluding hydrogens is 414 g/mol.